The molecule has 0 aliphatic heterocycles. The van der Waals surface area contributed by atoms with Crippen LogP contribution in [-0.2, 0) is 6.42 Å². The molecule has 100 valence electrons. The van der Waals surface area contributed by atoms with Crippen molar-refractivity contribution in [3.05, 3.63) is 53.1 Å². The Hall–Kier alpha value is -1.74. The number of nitrogens with zero attached hydrogens (tertiary/aromatic N) is 1. The van der Waals surface area contributed by atoms with Gasteiger partial charge in [0.05, 0.1) is 0 Å². The summed E-state index contributed by atoms with van der Waals surface area (Å²) in [6, 6.07) is 13.9. The second kappa shape index (κ2) is 7.00. The van der Waals surface area contributed by atoms with E-state index in [1.54, 1.807) is 0 Å². The fourth-order valence-electron chi connectivity index (χ4n) is 1.80. The summed E-state index contributed by atoms with van der Waals surface area (Å²) in [6.07, 6.45) is 0.949. The zero-order valence-corrected chi connectivity index (χ0v) is 11.7. The first-order valence-electron chi connectivity index (χ1n) is 6.47. The minimum absolute atomic E-state index is 0.775. The van der Waals surface area contributed by atoms with E-state index in [1.807, 2.05) is 42.5 Å². The molecule has 0 atom stereocenters. The van der Waals surface area contributed by atoms with Crippen LogP contribution in [0.3, 0.4) is 0 Å². The van der Waals surface area contributed by atoms with Crippen molar-refractivity contribution in [2.45, 2.75) is 13.3 Å². The van der Waals surface area contributed by atoms with Crippen molar-refractivity contribution in [3.8, 4) is 0 Å². The smallest absolute Gasteiger partial charge is 0.128 e. The van der Waals surface area contributed by atoms with Gasteiger partial charge in [-0.1, -0.05) is 29.8 Å². The largest absolute Gasteiger partial charge is 0.370 e. The van der Waals surface area contributed by atoms with Crippen LogP contribution < -0.4 is 10.6 Å². The Labute approximate surface area is 119 Å². The van der Waals surface area contributed by atoms with E-state index in [2.05, 4.69) is 22.5 Å². The first-order valence-corrected chi connectivity index (χ1v) is 6.85. The number of nitrogens with one attached hydrogen (secondary N) is 2. The van der Waals surface area contributed by atoms with Gasteiger partial charge < -0.3 is 10.6 Å². The second-order valence-electron chi connectivity index (χ2n) is 4.24. The summed E-state index contributed by atoms with van der Waals surface area (Å²) in [6.45, 7) is 3.79. The van der Waals surface area contributed by atoms with Crippen LogP contribution in [0.1, 0.15) is 12.5 Å². The van der Waals surface area contributed by atoms with E-state index < -0.39 is 0 Å². The zero-order chi connectivity index (χ0) is 13.5. The van der Waals surface area contributed by atoms with Gasteiger partial charge in [-0.2, -0.15) is 0 Å². The third kappa shape index (κ3) is 4.45. The Morgan fingerprint density at radius 3 is 2.37 bits per heavy atom. The van der Waals surface area contributed by atoms with Crippen LogP contribution in [0.15, 0.2) is 42.5 Å². The maximum atomic E-state index is 5.86. The van der Waals surface area contributed by atoms with E-state index >= 15 is 0 Å². The molecule has 2 aromatic rings. The number of hydrogen-bond donors (Lipinski definition) is 2. The highest BCUT2D eigenvalue weighted by Gasteiger charge is 1.97. The van der Waals surface area contributed by atoms with Crippen LogP contribution >= 0.6 is 11.6 Å². The van der Waals surface area contributed by atoms with Gasteiger partial charge in [0.1, 0.15) is 11.6 Å². The van der Waals surface area contributed by atoms with Gasteiger partial charge in [-0.15, -0.1) is 0 Å². The van der Waals surface area contributed by atoms with Crippen LogP contribution in [-0.4, -0.2) is 18.1 Å². The highest BCUT2D eigenvalue weighted by molar-refractivity contribution is 6.30. The number of benzene rings is 1. The molecule has 0 saturated carbocycles. The fourth-order valence-corrected chi connectivity index (χ4v) is 1.92. The van der Waals surface area contributed by atoms with Crippen molar-refractivity contribution >= 4 is 23.2 Å². The molecule has 0 unspecified atom stereocenters. The monoisotopic (exact) mass is 275 g/mol. The van der Waals surface area contributed by atoms with Crippen LogP contribution in [0.4, 0.5) is 11.6 Å². The van der Waals surface area contributed by atoms with Gasteiger partial charge in [-0.05, 0) is 43.2 Å². The van der Waals surface area contributed by atoms with Gasteiger partial charge in [0, 0.05) is 18.1 Å². The topological polar surface area (TPSA) is 37.0 Å². The van der Waals surface area contributed by atoms with Gasteiger partial charge >= 0.3 is 0 Å². The highest BCUT2D eigenvalue weighted by atomic mass is 35.5. The normalized spacial score (nSPS) is 10.2. The van der Waals surface area contributed by atoms with Crippen LogP contribution in [0, 0.1) is 0 Å². The number of rotatable bonds is 6. The van der Waals surface area contributed by atoms with E-state index in [9.17, 15) is 0 Å². The van der Waals surface area contributed by atoms with Crippen molar-refractivity contribution in [3.63, 3.8) is 0 Å². The Morgan fingerprint density at radius 2 is 1.68 bits per heavy atom. The molecule has 0 aliphatic carbocycles. The molecular formula is C15H18ClN3. The minimum Gasteiger partial charge on any atom is -0.370 e. The number of anilines is 2. The molecule has 0 aliphatic rings. The van der Waals surface area contributed by atoms with Crippen molar-refractivity contribution < 1.29 is 0 Å². The summed E-state index contributed by atoms with van der Waals surface area (Å²) in [4.78, 5) is 4.46. The molecule has 0 radical (unpaired) electrons. The van der Waals surface area contributed by atoms with Crippen molar-refractivity contribution in [2.24, 2.45) is 0 Å². The Morgan fingerprint density at radius 1 is 1.00 bits per heavy atom. The van der Waals surface area contributed by atoms with Gasteiger partial charge in [0.25, 0.3) is 0 Å². The minimum atomic E-state index is 0.775. The lowest BCUT2D eigenvalue weighted by molar-refractivity contribution is 1.00. The lowest BCUT2D eigenvalue weighted by Crippen LogP contribution is -2.07. The molecule has 1 aromatic heterocycles. The van der Waals surface area contributed by atoms with Crippen molar-refractivity contribution in [1.82, 2.24) is 4.98 Å². The lowest BCUT2D eigenvalue weighted by atomic mass is 10.1. The molecule has 3 nitrogen and oxygen atoms in total. The molecule has 1 heterocycles. The maximum Gasteiger partial charge on any atom is 0.128 e. The van der Waals surface area contributed by atoms with E-state index in [0.29, 0.717) is 0 Å². The van der Waals surface area contributed by atoms with Gasteiger partial charge in [0.2, 0.25) is 0 Å². The van der Waals surface area contributed by atoms with Gasteiger partial charge in [-0.3, -0.25) is 0 Å². The third-order valence-corrected chi connectivity index (χ3v) is 2.99. The fraction of sp³-hybridized carbons (Fsp3) is 0.267. The average molecular weight is 276 g/mol. The maximum absolute atomic E-state index is 5.86. The molecule has 4 heteroatoms. The Bertz CT molecular complexity index is 511. The Kier molecular flexibility index (Phi) is 5.04. The molecule has 19 heavy (non-hydrogen) atoms. The number of pyridine rings is 1. The van der Waals surface area contributed by atoms with E-state index in [-0.39, 0.29) is 0 Å². The van der Waals surface area contributed by atoms with Crippen LogP contribution in [0.25, 0.3) is 0 Å². The molecule has 0 saturated heterocycles. The SMILES string of the molecule is CCNc1cccc(NCCc2ccc(Cl)cc2)n1. The van der Waals surface area contributed by atoms with E-state index in [1.165, 1.54) is 5.56 Å². The molecule has 2 N–H and O–H groups in total. The van der Waals surface area contributed by atoms with E-state index in [4.69, 9.17) is 11.6 Å². The molecule has 1 aromatic carbocycles. The van der Waals surface area contributed by atoms with Crippen LogP contribution in [0.2, 0.25) is 5.02 Å². The molecule has 0 bridgehead atoms. The summed E-state index contributed by atoms with van der Waals surface area (Å²) >= 11 is 5.86. The predicted octanol–water partition coefficient (Wildman–Crippen LogP) is 3.82. The third-order valence-electron chi connectivity index (χ3n) is 2.74. The standard InChI is InChI=1S/C15H18ClN3/c1-2-17-14-4-3-5-15(19-14)18-11-10-12-6-8-13(16)9-7-12/h3-9H,2,10-11H2,1H3,(H2,17,18,19). The summed E-state index contributed by atoms with van der Waals surface area (Å²) in [5, 5.41) is 7.29. The van der Waals surface area contributed by atoms with E-state index in [0.717, 1.165) is 36.2 Å². The van der Waals surface area contributed by atoms with Gasteiger partial charge in [0.15, 0.2) is 0 Å². The number of halogens is 1. The van der Waals surface area contributed by atoms with Crippen molar-refractivity contribution in [1.29, 1.82) is 0 Å². The lowest BCUT2D eigenvalue weighted by Gasteiger charge is -2.08. The summed E-state index contributed by atoms with van der Waals surface area (Å²) < 4.78 is 0. The molecule has 0 spiro atoms. The summed E-state index contributed by atoms with van der Waals surface area (Å²) in [7, 11) is 0. The molecular weight excluding hydrogens is 258 g/mol. The van der Waals surface area contributed by atoms with Gasteiger partial charge in [-0.25, -0.2) is 4.98 Å². The first kappa shape index (κ1) is 13.7. The second-order valence-corrected chi connectivity index (χ2v) is 4.68. The molecule has 0 fully saturated rings. The molecule has 0 amide bonds. The number of hydrogen-bond acceptors (Lipinski definition) is 3. The Balaban J connectivity index is 1.85. The first-order chi connectivity index (χ1) is 9.28. The highest BCUT2D eigenvalue weighted by Crippen LogP contribution is 2.11. The molecule has 2 rings (SSSR count). The summed E-state index contributed by atoms with van der Waals surface area (Å²) in [5.74, 6) is 1.80. The quantitative estimate of drug-likeness (QED) is 0.841. The summed E-state index contributed by atoms with van der Waals surface area (Å²) in [5.41, 5.74) is 1.26. The van der Waals surface area contributed by atoms with Crippen molar-refractivity contribution in [2.75, 3.05) is 23.7 Å². The predicted molar refractivity (Wildman–Crippen MR) is 82.0 cm³/mol. The average Bonchev–Trinajstić information content (AvgIpc) is 2.42. The number of aromatic nitrogens is 1. The van der Waals surface area contributed by atoms with Crippen LogP contribution in [0.5, 0.6) is 0 Å². The zero-order valence-electron chi connectivity index (χ0n) is 11.0.